The molecule has 0 fully saturated rings. The predicted octanol–water partition coefficient (Wildman–Crippen LogP) is 5.61. The van der Waals surface area contributed by atoms with Crippen LogP contribution in [0.15, 0.2) is 48.6 Å². The molecule has 0 aromatic heterocycles. The van der Waals surface area contributed by atoms with E-state index in [1.165, 1.54) is 0 Å². The Balaban J connectivity index is 1.95. The SMILES string of the molecule is COCCOc1cc(/C=C/c2cccc(C3=CCCC=C3)c2C#N)c(C)cc1C=O. The lowest BCUT2D eigenvalue weighted by Crippen LogP contribution is -2.06. The van der Waals surface area contributed by atoms with Gasteiger partial charge in [0.05, 0.1) is 17.7 Å². The quantitative estimate of drug-likeness (QED) is 0.329. The maximum Gasteiger partial charge on any atom is 0.153 e. The van der Waals surface area contributed by atoms with Crippen molar-refractivity contribution in [3.63, 3.8) is 0 Å². The minimum absolute atomic E-state index is 0.368. The fourth-order valence-electron chi connectivity index (χ4n) is 3.42. The largest absolute Gasteiger partial charge is 0.490 e. The molecule has 1 aliphatic rings. The van der Waals surface area contributed by atoms with E-state index in [-0.39, 0.29) is 0 Å². The van der Waals surface area contributed by atoms with Crippen LogP contribution in [0, 0.1) is 18.3 Å². The van der Waals surface area contributed by atoms with Crippen LogP contribution in [-0.4, -0.2) is 26.6 Å². The van der Waals surface area contributed by atoms with Gasteiger partial charge < -0.3 is 9.47 Å². The third-order valence-corrected chi connectivity index (χ3v) is 5.03. The highest BCUT2D eigenvalue weighted by Crippen LogP contribution is 2.28. The molecule has 4 nitrogen and oxygen atoms in total. The summed E-state index contributed by atoms with van der Waals surface area (Å²) >= 11 is 0. The molecule has 2 aromatic carbocycles. The Hall–Kier alpha value is -3.42. The fourth-order valence-corrected chi connectivity index (χ4v) is 3.42. The number of nitriles is 1. The number of methoxy groups -OCH3 is 1. The smallest absolute Gasteiger partial charge is 0.153 e. The van der Waals surface area contributed by atoms with E-state index < -0.39 is 0 Å². The lowest BCUT2D eigenvalue weighted by atomic mass is 9.92. The van der Waals surface area contributed by atoms with Gasteiger partial charge >= 0.3 is 0 Å². The van der Waals surface area contributed by atoms with Gasteiger partial charge in [-0.05, 0) is 59.7 Å². The summed E-state index contributed by atoms with van der Waals surface area (Å²) in [6, 6.07) is 11.9. The van der Waals surface area contributed by atoms with Crippen molar-refractivity contribution < 1.29 is 14.3 Å². The molecule has 152 valence electrons. The maximum absolute atomic E-state index is 11.4. The number of ether oxygens (including phenoxy) is 2. The van der Waals surface area contributed by atoms with Crippen molar-refractivity contribution >= 4 is 24.0 Å². The van der Waals surface area contributed by atoms with Crippen LogP contribution in [0.2, 0.25) is 0 Å². The molecule has 0 aliphatic heterocycles. The molecule has 0 bridgehead atoms. The highest BCUT2D eigenvalue weighted by molar-refractivity contribution is 5.85. The van der Waals surface area contributed by atoms with Gasteiger partial charge in [-0.25, -0.2) is 0 Å². The van der Waals surface area contributed by atoms with Gasteiger partial charge in [0.1, 0.15) is 18.4 Å². The molecular weight excluding hydrogens is 374 g/mol. The van der Waals surface area contributed by atoms with E-state index in [1.807, 2.05) is 49.4 Å². The highest BCUT2D eigenvalue weighted by atomic mass is 16.5. The van der Waals surface area contributed by atoms with E-state index in [4.69, 9.17) is 9.47 Å². The Kier molecular flexibility index (Phi) is 7.37. The van der Waals surface area contributed by atoms with Crippen molar-refractivity contribution in [2.45, 2.75) is 19.8 Å². The molecule has 4 heteroatoms. The summed E-state index contributed by atoms with van der Waals surface area (Å²) in [5.74, 6) is 0.527. The van der Waals surface area contributed by atoms with Crippen LogP contribution in [0.1, 0.15) is 51.0 Å². The monoisotopic (exact) mass is 399 g/mol. The van der Waals surface area contributed by atoms with E-state index in [0.29, 0.717) is 30.1 Å². The average molecular weight is 399 g/mol. The summed E-state index contributed by atoms with van der Waals surface area (Å²) < 4.78 is 10.7. The van der Waals surface area contributed by atoms with Crippen molar-refractivity contribution in [2.75, 3.05) is 20.3 Å². The topological polar surface area (TPSA) is 59.3 Å². The van der Waals surface area contributed by atoms with Gasteiger partial charge in [0, 0.05) is 7.11 Å². The first kappa shape index (κ1) is 21.3. The second kappa shape index (κ2) is 10.4. The van der Waals surface area contributed by atoms with Crippen molar-refractivity contribution in [3.8, 4) is 11.8 Å². The molecule has 0 radical (unpaired) electrons. The van der Waals surface area contributed by atoms with Crippen LogP contribution >= 0.6 is 0 Å². The number of carbonyl (C=O) groups is 1. The number of hydrogen-bond acceptors (Lipinski definition) is 4. The number of aldehydes is 1. The molecule has 0 amide bonds. The third kappa shape index (κ3) is 4.94. The summed E-state index contributed by atoms with van der Waals surface area (Å²) in [5.41, 5.74) is 5.96. The van der Waals surface area contributed by atoms with E-state index in [1.54, 1.807) is 7.11 Å². The number of aryl methyl sites for hydroxylation is 1. The molecule has 0 unspecified atom stereocenters. The van der Waals surface area contributed by atoms with Crippen molar-refractivity contribution in [1.29, 1.82) is 5.26 Å². The zero-order valence-electron chi connectivity index (χ0n) is 17.4. The highest BCUT2D eigenvalue weighted by Gasteiger charge is 2.11. The summed E-state index contributed by atoms with van der Waals surface area (Å²) in [6.45, 7) is 2.76. The fraction of sp³-hybridized carbons (Fsp3) is 0.231. The first-order valence-corrected chi connectivity index (χ1v) is 9.97. The average Bonchev–Trinajstić information content (AvgIpc) is 2.79. The molecule has 3 rings (SSSR count). The number of carbonyl (C=O) groups excluding carboxylic acids is 1. The van der Waals surface area contributed by atoms with Gasteiger partial charge in [-0.1, -0.05) is 48.6 Å². The van der Waals surface area contributed by atoms with Gasteiger partial charge in [0.15, 0.2) is 6.29 Å². The Morgan fingerprint density at radius 2 is 1.93 bits per heavy atom. The Morgan fingerprint density at radius 3 is 2.63 bits per heavy atom. The lowest BCUT2D eigenvalue weighted by Gasteiger charge is -2.12. The molecule has 1 aliphatic carbocycles. The van der Waals surface area contributed by atoms with Crippen molar-refractivity contribution in [1.82, 2.24) is 0 Å². The zero-order valence-corrected chi connectivity index (χ0v) is 17.4. The maximum atomic E-state index is 11.4. The third-order valence-electron chi connectivity index (χ3n) is 5.03. The number of benzene rings is 2. The number of nitrogens with zero attached hydrogens (tertiary/aromatic N) is 1. The Labute approximate surface area is 177 Å². The minimum atomic E-state index is 0.368. The van der Waals surface area contributed by atoms with Crippen molar-refractivity contribution in [2.24, 2.45) is 0 Å². The normalized spacial score (nSPS) is 13.2. The summed E-state index contributed by atoms with van der Waals surface area (Å²) in [5, 5.41) is 9.81. The molecule has 0 saturated carbocycles. The standard InChI is InChI=1S/C26H25NO3/c1-19-15-23(18-28)26(30-14-13-29-2)16-22(19)12-11-21-9-6-10-24(25(21)17-27)20-7-4-3-5-8-20/h4,6-12,15-16,18H,3,5,13-14H2,1-2H3/b12-11+. The molecule has 0 N–H and O–H groups in total. The van der Waals surface area contributed by atoms with Gasteiger partial charge in [-0.3, -0.25) is 4.79 Å². The second-order valence-corrected chi connectivity index (χ2v) is 7.06. The predicted molar refractivity (Wildman–Crippen MR) is 120 cm³/mol. The van der Waals surface area contributed by atoms with Crippen LogP contribution in [0.3, 0.4) is 0 Å². The lowest BCUT2D eigenvalue weighted by molar-refractivity contribution is 0.111. The Bertz CT molecular complexity index is 1050. The first-order chi connectivity index (χ1) is 14.7. The van der Waals surface area contributed by atoms with Gasteiger partial charge in [0.25, 0.3) is 0 Å². The van der Waals surface area contributed by atoms with E-state index >= 15 is 0 Å². The van der Waals surface area contributed by atoms with Crippen LogP contribution in [-0.2, 0) is 4.74 Å². The van der Waals surface area contributed by atoms with E-state index in [0.717, 1.165) is 47.0 Å². The number of rotatable bonds is 8. The van der Waals surface area contributed by atoms with Crippen LogP contribution < -0.4 is 4.74 Å². The molecule has 0 saturated heterocycles. The molecular formula is C26H25NO3. The molecule has 2 aromatic rings. The second-order valence-electron chi connectivity index (χ2n) is 7.06. The molecule has 0 heterocycles. The van der Waals surface area contributed by atoms with E-state index in [2.05, 4.69) is 24.3 Å². The molecule has 0 atom stereocenters. The van der Waals surface area contributed by atoms with Crippen molar-refractivity contribution in [3.05, 3.63) is 81.9 Å². The molecule has 30 heavy (non-hydrogen) atoms. The number of allylic oxidation sites excluding steroid dienone is 4. The van der Waals surface area contributed by atoms with Crippen LogP contribution in [0.5, 0.6) is 5.75 Å². The van der Waals surface area contributed by atoms with Crippen LogP contribution in [0.25, 0.3) is 17.7 Å². The van der Waals surface area contributed by atoms with E-state index in [9.17, 15) is 10.1 Å². The number of hydrogen-bond donors (Lipinski definition) is 0. The summed E-state index contributed by atoms with van der Waals surface area (Å²) in [6.07, 6.45) is 13.1. The van der Waals surface area contributed by atoms with Gasteiger partial charge in [0.2, 0.25) is 0 Å². The van der Waals surface area contributed by atoms with Gasteiger partial charge in [-0.15, -0.1) is 0 Å². The Morgan fingerprint density at radius 1 is 1.10 bits per heavy atom. The summed E-state index contributed by atoms with van der Waals surface area (Å²) in [7, 11) is 1.60. The molecule has 0 spiro atoms. The van der Waals surface area contributed by atoms with Gasteiger partial charge in [-0.2, -0.15) is 5.26 Å². The minimum Gasteiger partial charge on any atom is -0.490 e. The summed E-state index contributed by atoms with van der Waals surface area (Å²) in [4.78, 5) is 11.4. The zero-order chi connectivity index (χ0) is 21.3. The van der Waals surface area contributed by atoms with Crippen LogP contribution in [0.4, 0.5) is 0 Å². The first-order valence-electron chi connectivity index (χ1n) is 9.97.